The Bertz CT molecular complexity index is 936. The van der Waals surface area contributed by atoms with Gasteiger partial charge in [-0.05, 0) is 0 Å². The molecule has 13 heteroatoms. The summed E-state index contributed by atoms with van der Waals surface area (Å²) in [4.78, 5) is 51.9. The van der Waals surface area contributed by atoms with Crippen LogP contribution in [0.5, 0.6) is 0 Å². The number of anilines is 1. The van der Waals surface area contributed by atoms with Gasteiger partial charge in [0.15, 0.2) is 11.2 Å². The Labute approximate surface area is 133 Å². The van der Waals surface area contributed by atoms with Crippen LogP contribution in [0.4, 0.5) is 5.95 Å². The third kappa shape index (κ3) is 3.45. The van der Waals surface area contributed by atoms with Crippen molar-refractivity contribution in [1.82, 2.24) is 24.4 Å². The van der Waals surface area contributed by atoms with E-state index in [0.717, 1.165) is 4.57 Å². The Morgan fingerprint density at radius 2 is 2.00 bits per heavy atom. The number of hydrogen-bond acceptors (Lipinski definition) is 7. The Kier molecular flexibility index (Phi) is 4.72. The third-order valence-electron chi connectivity index (χ3n) is 2.97. The number of carboxylic acid groups (broad SMARTS) is 1. The fourth-order valence-electron chi connectivity index (χ4n) is 1.79. The largest absolute Gasteiger partial charge is 0.480 e. The van der Waals surface area contributed by atoms with Gasteiger partial charge in [0.2, 0.25) is 11.9 Å². The Morgan fingerprint density at radius 1 is 1.29 bits per heavy atom. The average Bonchev–Trinajstić information content (AvgIpc) is 2.97. The molecule has 24 heavy (non-hydrogen) atoms. The minimum atomic E-state index is -1.17. The number of nitrogens with zero attached hydrogens (tertiary/aromatic N) is 5. The molecule has 0 fully saturated rings. The minimum absolute atomic E-state index is 0.0537. The van der Waals surface area contributed by atoms with Crippen LogP contribution in [0, 0.1) is 0 Å². The highest BCUT2D eigenvalue weighted by atomic mass is 16.4. The van der Waals surface area contributed by atoms with Crippen LogP contribution in [0.2, 0.25) is 0 Å². The highest BCUT2D eigenvalue weighted by Gasteiger charge is 2.13. The molecule has 0 radical (unpaired) electrons. The fourth-order valence-corrected chi connectivity index (χ4v) is 1.79. The molecule has 0 atom stereocenters. The van der Waals surface area contributed by atoms with E-state index in [1.807, 2.05) is 0 Å². The highest BCUT2D eigenvalue weighted by molar-refractivity contribution is 5.82. The summed E-state index contributed by atoms with van der Waals surface area (Å²) in [6.07, 6.45) is 0. The van der Waals surface area contributed by atoms with Crippen LogP contribution in [0.1, 0.15) is 0 Å². The lowest BCUT2D eigenvalue weighted by Gasteiger charge is -2.00. The Balaban J connectivity index is 2.08. The second kappa shape index (κ2) is 6.72. The molecule has 0 saturated carbocycles. The first-order chi connectivity index (χ1) is 11.3. The van der Waals surface area contributed by atoms with Gasteiger partial charge in [0.05, 0.1) is 0 Å². The van der Waals surface area contributed by atoms with E-state index in [4.69, 9.17) is 5.11 Å². The molecule has 13 nitrogen and oxygen atoms in total. The predicted octanol–water partition coefficient (Wildman–Crippen LogP) is -2.06. The number of aromatic amines is 1. The molecule has 0 aromatic carbocycles. The third-order valence-corrected chi connectivity index (χ3v) is 2.97. The molecule has 0 aliphatic heterocycles. The van der Waals surface area contributed by atoms with Crippen LogP contribution in [-0.4, -0.2) is 49.2 Å². The van der Waals surface area contributed by atoms with Gasteiger partial charge >= 0.3 is 11.7 Å². The molecular formula is C11H14N8O5. The number of fused-ring (bicyclic) bond motifs is 1. The second-order valence-electron chi connectivity index (χ2n) is 4.67. The van der Waals surface area contributed by atoms with E-state index in [-0.39, 0.29) is 23.7 Å². The summed E-state index contributed by atoms with van der Waals surface area (Å²) in [6, 6.07) is 0. The molecule has 2 aromatic heterocycles. The van der Waals surface area contributed by atoms with E-state index in [0.29, 0.717) is 0 Å². The zero-order valence-corrected chi connectivity index (χ0v) is 12.7. The number of carboxylic acids is 1. The molecule has 0 saturated heterocycles. The highest BCUT2D eigenvalue weighted by Crippen LogP contribution is 2.07. The summed E-state index contributed by atoms with van der Waals surface area (Å²) in [5, 5.41) is 17.5. The normalized spacial score (nSPS) is 11.1. The summed E-state index contributed by atoms with van der Waals surface area (Å²) in [7, 11) is 2.80. The lowest BCUT2D eigenvalue weighted by atomic mass is 10.5. The van der Waals surface area contributed by atoms with Gasteiger partial charge in [-0.1, -0.05) is 5.22 Å². The summed E-state index contributed by atoms with van der Waals surface area (Å²) in [5.74, 6) is -1.74. The molecule has 4 N–H and O–H groups in total. The number of aromatic nitrogens is 4. The van der Waals surface area contributed by atoms with Gasteiger partial charge in [-0.15, -0.1) is 0 Å². The zero-order valence-electron chi connectivity index (χ0n) is 12.7. The topological polar surface area (TPSA) is 176 Å². The van der Waals surface area contributed by atoms with Crippen molar-refractivity contribution in [3.05, 3.63) is 20.8 Å². The lowest BCUT2D eigenvalue weighted by Crippen LogP contribution is -2.36. The van der Waals surface area contributed by atoms with E-state index in [2.05, 4.69) is 31.0 Å². The zero-order chi connectivity index (χ0) is 17.9. The van der Waals surface area contributed by atoms with Gasteiger partial charge in [0.25, 0.3) is 5.56 Å². The number of aliphatic carboxylic acids is 1. The number of rotatable bonds is 6. The van der Waals surface area contributed by atoms with Crippen LogP contribution in [0.25, 0.3) is 11.2 Å². The number of hydrogen-bond donors (Lipinski definition) is 4. The van der Waals surface area contributed by atoms with Crippen LogP contribution >= 0.6 is 0 Å². The van der Waals surface area contributed by atoms with Gasteiger partial charge in [0, 0.05) is 14.1 Å². The van der Waals surface area contributed by atoms with Crippen molar-refractivity contribution >= 4 is 29.0 Å². The van der Waals surface area contributed by atoms with E-state index in [1.165, 1.54) is 18.7 Å². The number of carbonyl (C=O) groups is 2. The first-order valence-electron chi connectivity index (χ1n) is 6.58. The SMILES string of the molecule is Cn1c(=O)c2[nH]c(NN=NCC(=O)NCC(=O)O)nc2n(C)c1=O. The molecular weight excluding hydrogens is 324 g/mol. The first-order valence-corrected chi connectivity index (χ1v) is 6.58. The fraction of sp³-hybridized carbons (Fsp3) is 0.364. The van der Waals surface area contributed by atoms with Crippen LogP contribution in [0.3, 0.4) is 0 Å². The second-order valence-corrected chi connectivity index (χ2v) is 4.67. The minimum Gasteiger partial charge on any atom is -0.480 e. The van der Waals surface area contributed by atoms with E-state index >= 15 is 0 Å². The quantitative estimate of drug-likeness (QED) is 0.345. The van der Waals surface area contributed by atoms with Crippen LogP contribution in [0.15, 0.2) is 19.9 Å². The maximum Gasteiger partial charge on any atom is 0.332 e. The van der Waals surface area contributed by atoms with Crippen molar-refractivity contribution < 1.29 is 14.7 Å². The summed E-state index contributed by atoms with van der Waals surface area (Å²) in [6.45, 7) is -0.899. The van der Waals surface area contributed by atoms with Gasteiger partial charge < -0.3 is 15.4 Å². The van der Waals surface area contributed by atoms with E-state index < -0.39 is 29.7 Å². The monoisotopic (exact) mass is 338 g/mol. The number of H-pyrrole nitrogens is 1. The molecule has 128 valence electrons. The molecule has 2 rings (SSSR count). The van der Waals surface area contributed by atoms with E-state index in [9.17, 15) is 19.2 Å². The molecule has 0 bridgehead atoms. The van der Waals surface area contributed by atoms with Crippen molar-refractivity contribution in [2.45, 2.75) is 0 Å². The predicted molar refractivity (Wildman–Crippen MR) is 80.6 cm³/mol. The lowest BCUT2D eigenvalue weighted by molar-refractivity contribution is -0.137. The molecule has 0 aliphatic rings. The standard InChI is InChI=1S/C11H14N8O5/c1-18-8-7(9(23)19(2)11(18)24)14-10(15-8)16-17-13-3-5(20)12-4-6(21)22/h3-4H2,1-2H3,(H,12,20)(H,21,22)(H2,13,14,15,16). The molecule has 2 heterocycles. The first kappa shape index (κ1) is 16.9. The number of nitrogens with one attached hydrogen (secondary N) is 3. The Morgan fingerprint density at radius 3 is 2.67 bits per heavy atom. The number of aryl methyl sites for hydroxylation is 1. The van der Waals surface area contributed by atoms with Crippen LogP contribution in [-0.2, 0) is 23.7 Å². The molecule has 2 aromatic rings. The molecule has 1 amide bonds. The van der Waals surface area contributed by atoms with Crippen LogP contribution < -0.4 is 22.0 Å². The molecule has 0 spiro atoms. The number of imidazole rings is 1. The Hall–Kier alpha value is -3.51. The maximum absolute atomic E-state index is 12.0. The molecule has 0 unspecified atom stereocenters. The summed E-state index contributed by atoms with van der Waals surface area (Å²) in [5.41, 5.74) is 1.56. The average molecular weight is 338 g/mol. The molecule has 0 aliphatic carbocycles. The number of carbonyl (C=O) groups excluding carboxylic acids is 1. The number of amides is 1. The maximum atomic E-state index is 12.0. The van der Waals surface area contributed by atoms with Crippen molar-refractivity contribution in [3.63, 3.8) is 0 Å². The van der Waals surface area contributed by atoms with Crippen molar-refractivity contribution in [2.24, 2.45) is 24.4 Å². The summed E-state index contributed by atoms with van der Waals surface area (Å²) < 4.78 is 2.12. The van der Waals surface area contributed by atoms with Crippen molar-refractivity contribution in [2.75, 3.05) is 18.5 Å². The van der Waals surface area contributed by atoms with Gasteiger partial charge in [-0.2, -0.15) is 10.1 Å². The van der Waals surface area contributed by atoms with Crippen molar-refractivity contribution in [3.8, 4) is 0 Å². The summed E-state index contributed by atoms with van der Waals surface area (Å²) >= 11 is 0. The van der Waals surface area contributed by atoms with E-state index in [1.54, 1.807) is 0 Å². The van der Waals surface area contributed by atoms with Gasteiger partial charge in [0.1, 0.15) is 13.1 Å². The van der Waals surface area contributed by atoms with Gasteiger partial charge in [-0.25, -0.2) is 10.2 Å². The smallest absolute Gasteiger partial charge is 0.332 e. The van der Waals surface area contributed by atoms with Gasteiger partial charge in [-0.3, -0.25) is 23.5 Å². The van der Waals surface area contributed by atoms with Crippen molar-refractivity contribution in [1.29, 1.82) is 0 Å².